The van der Waals surface area contributed by atoms with Gasteiger partial charge in [-0.15, -0.1) is 6.58 Å². The summed E-state index contributed by atoms with van der Waals surface area (Å²) >= 11 is 0. The van der Waals surface area contributed by atoms with Gasteiger partial charge in [0.2, 0.25) is 0 Å². The number of benzene rings is 1. The standard InChI is InChI=1S/C13H14.C3H6/c1-4-6-12(5-2)13-9-7-11(3)8-10-13;1-3-2/h4-10H,1-2H2,3H3;3H,1H2,2H3/b12-6+;. The summed E-state index contributed by atoms with van der Waals surface area (Å²) in [5, 5.41) is 0. The van der Waals surface area contributed by atoms with Gasteiger partial charge < -0.3 is 0 Å². The highest BCUT2D eigenvalue weighted by atomic mass is 14.0. The Morgan fingerprint density at radius 3 is 1.94 bits per heavy atom. The molecule has 1 rings (SSSR count). The third-order valence-corrected chi connectivity index (χ3v) is 1.90. The summed E-state index contributed by atoms with van der Waals surface area (Å²) in [6.07, 6.45) is 7.32. The smallest absolute Gasteiger partial charge is 0.0184 e. The average molecular weight is 212 g/mol. The molecule has 1 aromatic carbocycles. The third kappa shape index (κ3) is 5.16. The molecule has 0 fully saturated rings. The summed E-state index contributed by atoms with van der Waals surface area (Å²) < 4.78 is 0. The number of hydrogen-bond acceptors (Lipinski definition) is 0. The molecule has 84 valence electrons. The number of allylic oxidation sites excluding steroid dienone is 5. The molecular weight excluding hydrogens is 192 g/mol. The van der Waals surface area contributed by atoms with Gasteiger partial charge in [0.1, 0.15) is 0 Å². The van der Waals surface area contributed by atoms with Crippen molar-refractivity contribution in [3.05, 3.63) is 79.4 Å². The van der Waals surface area contributed by atoms with E-state index >= 15 is 0 Å². The van der Waals surface area contributed by atoms with E-state index in [-0.39, 0.29) is 0 Å². The average Bonchev–Trinajstić information content (AvgIpc) is 2.28. The van der Waals surface area contributed by atoms with Crippen LogP contribution >= 0.6 is 0 Å². The van der Waals surface area contributed by atoms with Crippen LogP contribution in [0.3, 0.4) is 0 Å². The van der Waals surface area contributed by atoms with E-state index in [0.29, 0.717) is 0 Å². The Morgan fingerprint density at radius 2 is 1.56 bits per heavy atom. The largest absolute Gasteiger partial charge is 0.103 e. The fourth-order valence-electron chi connectivity index (χ4n) is 1.16. The van der Waals surface area contributed by atoms with Crippen LogP contribution in [-0.4, -0.2) is 0 Å². The summed E-state index contributed by atoms with van der Waals surface area (Å²) in [6, 6.07) is 8.37. The van der Waals surface area contributed by atoms with Crippen LogP contribution in [0.1, 0.15) is 18.1 Å². The first-order valence-corrected chi connectivity index (χ1v) is 5.28. The molecule has 0 aliphatic rings. The van der Waals surface area contributed by atoms with E-state index in [1.54, 1.807) is 12.2 Å². The lowest BCUT2D eigenvalue weighted by molar-refractivity contribution is 1.45. The Labute approximate surface area is 99.3 Å². The molecule has 0 radical (unpaired) electrons. The Hall–Kier alpha value is -1.82. The van der Waals surface area contributed by atoms with Crippen LogP contribution < -0.4 is 0 Å². The fraction of sp³-hybridized carbons (Fsp3) is 0.125. The Balaban J connectivity index is 0.000000673. The Bertz CT molecular complexity index is 364. The molecule has 0 aromatic heterocycles. The second-order valence-electron chi connectivity index (χ2n) is 3.34. The first-order valence-electron chi connectivity index (χ1n) is 5.28. The minimum Gasteiger partial charge on any atom is -0.103 e. The molecule has 1 aromatic rings. The van der Waals surface area contributed by atoms with Gasteiger partial charge in [-0.1, -0.05) is 67.3 Å². The molecule has 0 aliphatic carbocycles. The van der Waals surface area contributed by atoms with Crippen LogP contribution in [0, 0.1) is 6.92 Å². The predicted molar refractivity (Wildman–Crippen MR) is 75.4 cm³/mol. The highest BCUT2D eigenvalue weighted by molar-refractivity contribution is 5.74. The van der Waals surface area contributed by atoms with E-state index in [4.69, 9.17) is 0 Å². The minimum atomic E-state index is 1.11. The molecule has 0 bridgehead atoms. The van der Waals surface area contributed by atoms with Gasteiger partial charge >= 0.3 is 0 Å². The quantitative estimate of drug-likeness (QED) is 0.491. The van der Waals surface area contributed by atoms with Gasteiger partial charge in [-0.25, -0.2) is 0 Å². The second kappa shape index (κ2) is 8.49. The normalized spacial score (nSPS) is 9.75. The molecule has 0 N–H and O–H groups in total. The molecule has 16 heavy (non-hydrogen) atoms. The van der Waals surface area contributed by atoms with E-state index in [2.05, 4.69) is 50.9 Å². The second-order valence-corrected chi connectivity index (χ2v) is 3.34. The van der Waals surface area contributed by atoms with E-state index < -0.39 is 0 Å². The first kappa shape index (κ1) is 14.2. The van der Waals surface area contributed by atoms with Crippen molar-refractivity contribution in [2.24, 2.45) is 0 Å². The lowest BCUT2D eigenvalue weighted by Crippen LogP contribution is -1.80. The molecular formula is C16H20. The van der Waals surface area contributed by atoms with Gasteiger partial charge in [0.05, 0.1) is 0 Å². The van der Waals surface area contributed by atoms with Gasteiger partial charge in [0.25, 0.3) is 0 Å². The molecule has 0 heterocycles. The van der Waals surface area contributed by atoms with Gasteiger partial charge in [0.15, 0.2) is 0 Å². The SMILES string of the molecule is C=C/C=C(\C=C)c1ccc(C)cc1.C=CC. The molecule has 0 saturated carbocycles. The molecule has 0 nitrogen and oxygen atoms in total. The third-order valence-electron chi connectivity index (χ3n) is 1.90. The van der Waals surface area contributed by atoms with E-state index in [0.717, 1.165) is 5.57 Å². The molecule has 0 amide bonds. The van der Waals surface area contributed by atoms with Crippen LogP contribution in [0.25, 0.3) is 5.57 Å². The highest BCUT2D eigenvalue weighted by Crippen LogP contribution is 2.15. The molecule has 0 aliphatic heterocycles. The van der Waals surface area contributed by atoms with Gasteiger partial charge in [-0.05, 0) is 25.0 Å². The summed E-state index contributed by atoms with van der Waals surface area (Å²) in [5.41, 5.74) is 3.56. The maximum absolute atomic E-state index is 3.76. The zero-order chi connectivity index (χ0) is 12.4. The van der Waals surface area contributed by atoms with Crippen LogP contribution in [0.2, 0.25) is 0 Å². The maximum Gasteiger partial charge on any atom is -0.0184 e. The van der Waals surface area contributed by atoms with Crippen molar-refractivity contribution in [1.82, 2.24) is 0 Å². The molecule has 0 heteroatoms. The summed E-state index contributed by atoms with van der Waals surface area (Å²) in [7, 11) is 0. The summed E-state index contributed by atoms with van der Waals surface area (Å²) in [4.78, 5) is 0. The predicted octanol–water partition coefficient (Wildman–Crippen LogP) is 4.94. The first-order chi connectivity index (χ1) is 7.69. The Kier molecular flexibility index (Phi) is 7.52. The zero-order valence-electron chi connectivity index (χ0n) is 10.2. The number of hydrogen-bond donors (Lipinski definition) is 0. The van der Waals surface area contributed by atoms with Crippen molar-refractivity contribution in [1.29, 1.82) is 0 Å². The van der Waals surface area contributed by atoms with Crippen LogP contribution in [-0.2, 0) is 0 Å². The van der Waals surface area contributed by atoms with Crippen LogP contribution in [0.4, 0.5) is 0 Å². The molecule has 0 unspecified atom stereocenters. The molecule has 0 atom stereocenters. The summed E-state index contributed by atoms with van der Waals surface area (Å²) in [5.74, 6) is 0. The lowest BCUT2D eigenvalue weighted by atomic mass is 10.0. The number of rotatable bonds is 3. The van der Waals surface area contributed by atoms with Crippen molar-refractivity contribution in [2.75, 3.05) is 0 Å². The minimum absolute atomic E-state index is 1.11. The van der Waals surface area contributed by atoms with Crippen molar-refractivity contribution >= 4 is 5.57 Å². The van der Waals surface area contributed by atoms with Crippen molar-refractivity contribution in [3.8, 4) is 0 Å². The van der Waals surface area contributed by atoms with Gasteiger partial charge in [-0.2, -0.15) is 0 Å². The number of aryl methyl sites for hydroxylation is 1. The zero-order valence-corrected chi connectivity index (χ0v) is 10.2. The van der Waals surface area contributed by atoms with E-state index in [1.807, 2.05) is 19.1 Å². The van der Waals surface area contributed by atoms with E-state index in [9.17, 15) is 0 Å². The van der Waals surface area contributed by atoms with E-state index in [1.165, 1.54) is 11.1 Å². The molecule has 0 spiro atoms. The van der Waals surface area contributed by atoms with Crippen LogP contribution in [0.15, 0.2) is 68.3 Å². The summed E-state index contributed by atoms with van der Waals surface area (Å²) in [6.45, 7) is 14.8. The van der Waals surface area contributed by atoms with Crippen molar-refractivity contribution in [2.45, 2.75) is 13.8 Å². The monoisotopic (exact) mass is 212 g/mol. The Morgan fingerprint density at radius 1 is 1.06 bits per heavy atom. The lowest BCUT2D eigenvalue weighted by Gasteiger charge is -2.01. The topological polar surface area (TPSA) is 0 Å². The van der Waals surface area contributed by atoms with Crippen molar-refractivity contribution < 1.29 is 0 Å². The molecule has 0 saturated heterocycles. The van der Waals surface area contributed by atoms with Gasteiger partial charge in [-0.3, -0.25) is 0 Å². The van der Waals surface area contributed by atoms with Crippen LogP contribution in [0.5, 0.6) is 0 Å². The highest BCUT2D eigenvalue weighted by Gasteiger charge is 1.94. The van der Waals surface area contributed by atoms with Gasteiger partial charge in [0, 0.05) is 0 Å². The fourth-order valence-corrected chi connectivity index (χ4v) is 1.16. The van der Waals surface area contributed by atoms with Crippen molar-refractivity contribution in [3.63, 3.8) is 0 Å². The maximum atomic E-state index is 3.76.